The minimum Gasteiger partial charge on any atom is -0.335 e. The normalized spacial score (nSPS) is 17.5. The summed E-state index contributed by atoms with van der Waals surface area (Å²) in [6, 6.07) is 14.7. The number of amidine groups is 1. The molecule has 1 N–H and O–H groups in total. The van der Waals surface area contributed by atoms with E-state index >= 15 is 0 Å². The molecule has 3 rings (SSSR count). The number of halogens is 1. The number of fused-ring (bicyclic) bond motifs is 1. The lowest BCUT2D eigenvalue weighted by Crippen LogP contribution is -2.07. The van der Waals surface area contributed by atoms with Crippen LogP contribution in [-0.4, -0.2) is 18.0 Å². The van der Waals surface area contributed by atoms with Crippen LogP contribution in [0.2, 0.25) is 5.02 Å². The molecule has 2 aromatic rings. The number of hydrogen-bond acceptors (Lipinski definition) is 3. The molecule has 1 aliphatic heterocycles. The first-order valence-corrected chi connectivity index (χ1v) is 8.49. The highest BCUT2D eigenvalue weighted by molar-refractivity contribution is 8.13. The van der Waals surface area contributed by atoms with Crippen LogP contribution >= 0.6 is 23.4 Å². The van der Waals surface area contributed by atoms with Gasteiger partial charge in [0.15, 0.2) is 5.17 Å². The van der Waals surface area contributed by atoms with Gasteiger partial charge in [-0.3, -0.25) is 4.99 Å². The van der Waals surface area contributed by atoms with Crippen molar-refractivity contribution in [3.8, 4) is 0 Å². The van der Waals surface area contributed by atoms with Gasteiger partial charge in [0.25, 0.3) is 0 Å². The van der Waals surface area contributed by atoms with Gasteiger partial charge < -0.3 is 5.32 Å². The SMILES string of the molecule is CSC1=NCC(c2ccc(C)cc2)c2cc(Cl)ccc2N1. The molecule has 1 aliphatic rings. The van der Waals surface area contributed by atoms with E-state index in [2.05, 4.69) is 36.5 Å². The Balaban J connectivity index is 2.09. The fourth-order valence-corrected chi connectivity index (χ4v) is 3.16. The van der Waals surface area contributed by atoms with Gasteiger partial charge in [-0.05, 0) is 42.5 Å². The first-order valence-electron chi connectivity index (χ1n) is 6.89. The first kappa shape index (κ1) is 14.5. The predicted octanol–water partition coefficient (Wildman–Crippen LogP) is 4.92. The van der Waals surface area contributed by atoms with Crippen LogP contribution < -0.4 is 5.32 Å². The lowest BCUT2D eigenvalue weighted by molar-refractivity contribution is 0.830. The molecule has 0 aliphatic carbocycles. The molecule has 0 spiro atoms. The van der Waals surface area contributed by atoms with Gasteiger partial charge in [0.05, 0.1) is 6.54 Å². The Labute approximate surface area is 134 Å². The zero-order valence-electron chi connectivity index (χ0n) is 12.1. The molecule has 0 fully saturated rings. The van der Waals surface area contributed by atoms with E-state index < -0.39 is 0 Å². The topological polar surface area (TPSA) is 24.4 Å². The van der Waals surface area contributed by atoms with E-state index in [1.54, 1.807) is 11.8 Å². The van der Waals surface area contributed by atoms with Crippen molar-refractivity contribution in [1.82, 2.24) is 0 Å². The second-order valence-electron chi connectivity index (χ2n) is 5.17. The molecule has 0 bridgehead atoms. The van der Waals surface area contributed by atoms with Gasteiger partial charge in [0, 0.05) is 16.6 Å². The summed E-state index contributed by atoms with van der Waals surface area (Å²) in [6.45, 7) is 2.84. The number of hydrogen-bond donors (Lipinski definition) is 1. The van der Waals surface area contributed by atoms with Gasteiger partial charge in [-0.1, -0.05) is 53.2 Å². The summed E-state index contributed by atoms with van der Waals surface area (Å²) in [5.74, 6) is 0.233. The van der Waals surface area contributed by atoms with E-state index in [0.717, 1.165) is 22.4 Å². The van der Waals surface area contributed by atoms with Crippen LogP contribution in [0, 0.1) is 6.92 Å². The van der Waals surface area contributed by atoms with E-state index in [4.69, 9.17) is 16.6 Å². The minimum atomic E-state index is 0.233. The number of thioether (sulfide) groups is 1. The number of nitrogens with zero attached hydrogens (tertiary/aromatic N) is 1. The quantitative estimate of drug-likeness (QED) is 0.807. The van der Waals surface area contributed by atoms with Crippen LogP contribution in [0.15, 0.2) is 47.5 Å². The Morgan fingerprint density at radius 2 is 1.95 bits per heavy atom. The number of nitrogens with one attached hydrogen (secondary N) is 1. The number of aryl methyl sites for hydroxylation is 1. The molecule has 1 heterocycles. The van der Waals surface area contributed by atoms with Crippen molar-refractivity contribution < 1.29 is 0 Å². The molecular weight excluding hydrogens is 300 g/mol. The van der Waals surface area contributed by atoms with Crippen LogP contribution in [0.4, 0.5) is 5.69 Å². The van der Waals surface area contributed by atoms with Gasteiger partial charge in [0.2, 0.25) is 0 Å². The molecule has 4 heteroatoms. The van der Waals surface area contributed by atoms with E-state index in [-0.39, 0.29) is 5.92 Å². The summed E-state index contributed by atoms with van der Waals surface area (Å²) in [7, 11) is 0. The van der Waals surface area contributed by atoms with E-state index in [0.29, 0.717) is 0 Å². The highest BCUT2D eigenvalue weighted by Crippen LogP contribution is 2.35. The second kappa shape index (κ2) is 6.12. The van der Waals surface area contributed by atoms with Crippen molar-refractivity contribution in [1.29, 1.82) is 0 Å². The average molecular weight is 317 g/mol. The van der Waals surface area contributed by atoms with Crippen molar-refractivity contribution in [2.45, 2.75) is 12.8 Å². The first-order chi connectivity index (χ1) is 10.2. The summed E-state index contributed by atoms with van der Waals surface area (Å²) in [5.41, 5.74) is 4.84. The smallest absolute Gasteiger partial charge is 0.160 e. The molecule has 108 valence electrons. The zero-order chi connectivity index (χ0) is 14.8. The van der Waals surface area contributed by atoms with Gasteiger partial charge in [0.1, 0.15) is 0 Å². The maximum Gasteiger partial charge on any atom is 0.160 e. The van der Waals surface area contributed by atoms with Crippen LogP contribution in [0.3, 0.4) is 0 Å². The van der Waals surface area contributed by atoms with Gasteiger partial charge in [-0.15, -0.1) is 0 Å². The lowest BCUT2D eigenvalue weighted by Gasteiger charge is -2.17. The molecular formula is C17H17ClN2S. The van der Waals surface area contributed by atoms with Crippen LogP contribution in [0.5, 0.6) is 0 Å². The average Bonchev–Trinajstić information content (AvgIpc) is 2.67. The Hall–Kier alpha value is -1.45. The molecule has 2 aromatic carbocycles. The summed E-state index contributed by atoms with van der Waals surface area (Å²) >= 11 is 7.84. The molecule has 0 saturated carbocycles. The maximum absolute atomic E-state index is 6.21. The molecule has 21 heavy (non-hydrogen) atoms. The third-order valence-corrected chi connectivity index (χ3v) is 4.57. The molecule has 1 atom stereocenters. The third kappa shape index (κ3) is 3.09. The molecule has 0 aromatic heterocycles. The molecule has 0 amide bonds. The number of benzene rings is 2. The number of rotatable bonds is 1. The van der Waals surface area contributed by atoms with Crippen molar-refractivity contribution in [2.24, 2.45) is 4.99 Å². The standard InChI is InChI=1S/C17H17ClN2S/c1-11-3-5-12(6-4-11)15-10-19-17(21-2)20-16-8-7-13(18)9-14(15)16/h3-9,15H,10H2,1-2H3,(H,19,20). The van der Waals surface area contributed by atoms with Gasteiger partial charge >= 0.3 is 0 Å². The van der Waals surface area contributed by atoms with Crippen LogP contribution in [-0.2, 0) is 0 Å². The van der Waals surface area contributed by atoms with Gasteiger partial charge in [-0.25, -0.2) is 0 Å². The Morgan fingerprint density at radius 1 is 1.19 bits per heavy atom. The highest BCUT2D eigenvalue weighted by Gasteiger charge is 2.21. The number of aliphatic imine (C=N–C) groups is 1. The summed E-state index contributed by atoms with van der Waals surface area (Å²) in [4.78, 5) is 4.69. The molecule has 1 unspecified atom stereocenters. The van der Waals surface area contributed by atoms with Crippen molar-refractivity contribution in [3.05, 3.63) is 64.2 Å². The highest BCUT2D eigenvalue weighted by atomic mass is 35.5. The lowest BCUT2D eigenvalue weighted by atomic mass is 9.90. The molecule has 2 nitrogen and oxygen atoms in total. The minimum absolute atomic E-state index is 0.233. The van der Waals surface area contributed by atoms with Crippen LogP contribution in [0.25, 0.3) is 0 Å². The Morgan fingerprint density at radius 3 is 2.67 bits per heavy atom. The molecule has 0 saturated heterocycles. The van der Waals surface area contributed by atoms with Crippen molar-refractivity contribution in [3.63, 3.8) is 0 Å². The van der Waals surface area contributed by atoms with E-state index in [1.165, 1.54) is 16.7 Å². The van der Waals surface area contributed by atoms with Crippen molar-refractivity contribution >= 4 is 34.2 Å². The predicted molar refractivity (Wildman–Crippen MR) is 93.9 cm³/mol. The van der Waals surface area contributed by atoms with Gasteiger partial charge in [-0.2, -0.15) is 0 Å². The Kier molecular flexibility index (Phi) is 4.22. The van der Waals surface area contributed by atoms with E-state index in [1.807, 2.05) is 24.5 Å². The zero-order valence-corrected chi connectivity index (χ0v) is 13.6. The Bertz CT molecular complexity index is 680. The summed E-state index contributed by atoms with van der Waals surface area (Å²) in [5, 5.41) is 5.12. The third-order valence-electron chi connectivity index (χ3n) is 3.72. The second-order valence-corrected chi connectivity index (χ2v) is 6.40. The largest absolute Gasteiger partial charge is 0.335 e. The maximum atomic E-state index is 6.21. The fraction of sp³-hybridized carbons (Fsp3) is 0.235. The van der Waals surface area contributed by atoms with E-state index in [9.17, 15) is 0 Å². The van der Waals surface area contributed by atoms with Crippen molar-refractivity contribution in [2.75, 3.05) is 18.1 Å². The summed E-state index contributed by atoms with van der Waals surface area (Å²) < 4.78 is 0. The molecule has 0 radical (unpaired) electrons. The van der Waals surface area contributed by atoms with Crippen LogP contribution in [0.1, 0.15) is 22.6 Å². The fourth-order valence-electron chi connectivity index (χ4n) is 2.56. The number of anilines is 1. The summed E-state index contributed by atoms with van der Waals surface area (Å²) in [6.07, 6.45) is 2.04. The monoisotopic (exact) mass is 316 g/mol.